The van der Waals surface area contributed by atoms with E-state index >= 15 is 0 Å². The van der Waals surface area contributed by atoms with Crippen LogP contribution in [0, 0.1) is 0 Å². The molecule has 0 unspecified atom stereocenters. The molecule has 0 rings (SSSR count). The highest BCUT2D eigenvalue weighted by atomic mass is 80.0. The molecule has 17 heavy (non-hydrogen) atoms. The SMILES string of the molecule is C=C(C)C(=O)OCCCCCCC[Si](Br)(Br)Br. The van der Waals surface area contributed by atoms with Gasteiger partial charge in [-0.05, 0) is 19.4 Å². The van der Waals surface area contributed by atoms with Gasteiger partial charge in [0.2, 0.25) is 0 Å². The Morgan fingerprint density at radius 2 is 1.65 bits per heavy atom. The molecule has 0 radical (unpaired) electrons. The van der Waals surface area contributed by atoms with Gasteiger partial charge in [0, 0.05) is 5.57 Å². The summed E-state index contributed by atoms with van der Waals surface area (Å²) >= 11 is 10.8. The summed E-state index contributed by atoms with van der Waals surface area (Å²) in [5.41, 5.74) is 0.471. The fraction of sp³-hybridized carbons (Fsp3) is 0.727. The van der Waals surface area contributed by atoms with Gasteiger partial charge in [0.25, 0.3) is 3.93 Å². The van der Waals surface area contributed by atoms with E-state index < -0.39 is 3.93 Å². The highest BCUT2D eigenvalue weighted by Gasteiger charge is 2.20. The van der Waals surface area contributed by atoms with E-state index in [2.05, 4.69) is 52.5 Å². The first-order valence-corrected chi connectivity index (χ1v) is 14.7. The molecule has 0 saturated carbocycles. The summed E-state index contributed by atoms with van der Waals surface area (Å²) in [6, 6.07) is 1.18. The van der Waals surface area contributed by atoms with Gasteiger partial charge >= 0.3 is 5.97 Å². The average Bonchev–Trinajstić information content (AvgIpc) is 2.19. The van der Waals surface area contributed by atoms with Gasteiger partial charge in [-0.3, -0.25) is 0 Å². The third-order valence-electron chi connectivity index (χ3n) is 2.19. The van der Waals surface area contributed by atoms with Crippen molar-refractivity contribution in [3.8, 4) is 0 Å². The smallest absolute Gasteiger partial charge is 0.333 e. The van der Waals surface area contributed by atoms with Crippen molar-refractivity contribution >= 4 is 55.8 Å². The van der Waals surface area contributed by atoms with E-state index in [1.807, 2.05) is 0 Å². The number of hydrogen-bond acceptors (Lipinski definition) is 2. The molecule has 0 aromatic rings. The molecule has 0 aromatic heterocycles. The second-order valence-electron chi connectivity index (χ2n) is 4.05. The van der Waals surface area contributed by atoms with Crippen molar-refractivity contribution < 1.29 is 9.53 Å². The van der Waals surface area contributed by atoms with Crippen molar-refractivity contribution in [2.24, 2.45) is 0 Å². The van der Waals surface area contributed by atoms with E-state index in [-0.39, 0.29) is 5.97 Å². The topological polar surface area (TPSA) is 26.3 Å². The van der Waals surface area contributed by atoms with Crippen LogP contribution in [0.15, 0.2) is 12.2 Å². The van der Waals surface area contributed by atoms with Crippen molar-refractivity contribution in [3.63, 3.8) is 0 Å². The lowest BCUT2D eigenvalue weighted by molar-refractivity contribution is -0.139. The molecule has 0 heterocycles. The van der Waals surface area contributed by atoms with Gasteiger partial charge in [0.05, 0.1) is 6.61 Å². The molecule has 0 aliphatic carbocycles. The van der Waals surface area contributed by atoms with E-state index in [0.717, 1.165) is 12.8 Å². The Labute approximate surface area is 128 Å². The zero-order valence-corrected chi connectivity index (χ0v) is 15.9. The largest absolute Gasteiger partial charge is 0.462 e. The van der Waals surface area contributed by atoms with Crippen molar-refractivity contribution in [2.45, 2.75) is 45.1 Å². The minimum Gasteiger partial charge on any atom is -0.462 e. The lowest BCUT2D eigenvalue weighted by atomic mass is 10.2. The maximum atomic E-state index is 11.1. The first-order valence-electron chi connectivity index (χ1n) is 5.72. The highest BCUT2D eigenvalue weighted by molar-refractivity contribution is 9.72. The number of carbonyl (C=O) groups is 1. The maximum absolute atomic E-state index is 11.1. The average molecular weight is 451 g/mol. The van der Waals surface area contributed by atoms with Crippen LogP contribution in [0.1, 0.15) is 39.0 Å². The van der Waals surface area contributed by atoms with E-state index in [0.29, 0.717) is 12.2 Å². The first-order chi connectivity index (χ1) is 7.83. The van der Waals surface area contributed by atoms with Gasteiger partial charge in [-0.25, -0.2) is 4.79 Å². The van der Waals surface area contributed by atoms with Crippen LogP contribution in [0.5, 0.6) is 0 Å². The number of carbonyl (C=O) groups excluding carboxylic acids is 1. The fourth-order valence-electron chi connectivity index (χ4n) is 1.25. The normalized spacial score (nSPS) is 11.3. The zero-order chi connectivity index (χ0) is 13.3. The molecular formula is C11H19Br3O2Si. The molecule has 0 atom stereocenters. The molecule has 0 aromatic carbocycles. The molecule has 0 spiro atoms. The van der Waals surface area contributed by atoms with Gasteiger partial charge in [0.1, 0.15) is 0 Å². The predicted molar refractivity (Wildman–Crippen MR) is 86.2 cm³/mol. The Balaban J connectivity index is 3.25. The second-order valence-corrected chi connectivity index (χ2v) is 27.5. The third-order valence-corrected chi connectivity index (χ3v) is 6.68. The van der Waals surface area contributed by atoms with Crippen molar-refractivity contribution in [2.75, 3.05) is 6.61 Å². The lowest BCUT2D eigenvalue weighted by Crippen LogP contribution is -2.06. The van der Waals surface area contributed by atoms with E-state index in [1.165, 1.54) is 25.3 Å². The molecule has 0 bridgehead atoms. The Morgan fingerprint density at radius 3 is 2.18 bits per heavy atom. The lowest BCUT2D eigenvalue weighted by Gasteiger charge is -2.08. The van der Waals surface area contributed by atoms with Crippen molar-refractivity contribution in [3.05, 3.63) is 12.2 Å². The Kier molecular flexibility index (Phi) is 10.2. The predicted octanol–water partition coefficient (Wildman–Crippen LogP) is 5.18. The minimum atomic E-state index is -1.40. The van der Waals surface area contributed by atoms with Crippen LogP contribution in [0.25, 0.3) is 0 Å². The molecule has 0 fully saturated rings. The number of unbranched alkanes of at least 4 members (excludes halogenated alkanes) is 4. The zero-order valence-electron chi connectivity index (χ0n) is 10.1. The Morgan fingerprint density at radius 1 is 1.12 bits per heavy atom. The van der Waals surface area contributed by atoms with E-state index in [9.17, 15) is 4.79 Å². The molecule has 100 valence electrons. The van der Waals surface area contributed by atoms with Gasteiger partial charge < -0.3 is 4.74 Å². The summed E-state index contributed by atoms with van der Waals surface area (Å²) in [4.78, 5) is 11.1. The summed E-state index contributed by atoms with van der Waals surface area (Å²) in [5, 5.41) is 0. The van der Waals surface area contributed by atoms with Crippen LogP contribution >= 0.6 is 45.9 Å². The van der Waals surface area contributed by atoms with E-state index in [4.69, 9.17) is 4.74 Å². The number of ether oxygens (including phenoxy) is 1. The van der Waals surface area contributed by atoms with Gasteiger partial charge in [0.15, 0.2) is 0 Å². The quantitative estimate of drug-likeness (QED) is 0.159. The summed E-state index contributed by atoms with van der Waals surface area (Å²) in [6.45, 7) is 5.71. The summed E-state index contributed by atoms with van der Waals surface area (Å²) in [5.74, 6) is -0.279. The van der Waals surface area contributed by atoms with Gasteiger partial charge in [-0.15, -0.1) is 0 Å². The maximum Gasteiger partial charge on any atom is 0.333 e. The molecule has 0 saturated heterocycles. The van der Waals surface area contributed by atoms with Crippen molar-refractivity contribution in [1.82, 2.24) is 0 Å². The standard InChI is InChI=1S/C11H19Br3O2Si/c1-10(2)11(15)16-8-6-4-3-5-7-9-17(12,13)14/h1,3-9H2,2H3. The highest BCUT2D eigenvalue weighted by Crippen LogP contribution is 2.33. The fourth-order valence-corrected chi connectivity index (χ4v) is 4.42. The minimum absolute atomic E-state index is 0.279. The molecular weight excluding hydrogens is 432 g/mol. The molecule has 0 aliphatic rings. The van der Waals surface area contributed by atoms with E-state index in [1.54, 1.807) is 6.92 Å². The number of hydrogen-bond donors (Lipinski definition) is 0. The summed E-state index contributed by atoms with van der Waals surface area (Å²) in [6.07, 6.45) is 5.71. The number of rotatable bonds is 9. The number of esters is 1. The van der Waals surface area contributed by atoms with Gasteiger partial charge in [-0.1, -0.05) is 78.1 Å². The van der Waals surface area contributed by atoms with Crippen LogP contribution in [0.3, 0.4) is 0 Å². The van der Waals surface area contributed by atoms with Crippen LogP contribution in [-0.4, -0.2) is 16.5 Å². The molecule has 0 amide bonds. The summed E-state index contributed by atoms with van der Waals surface area (Å²) < 4.78 is 3.61. The monoisotopic (exact) mass is 448 g/mol. The summed E-state index contributed by atoms with van der Waals surface area (Å²) in [7, 11) is 0. The van der Waals surface area contributed by atoms with Gasteiger partial charge in [-0.2, -0.15) is 0 Å². The van der Waals surface area contributed by atoms with Crippen molar-refractivity contribution in [1.29, 1.82) is 0 Å². The molecule has 0 N–H and O–H groups in total. The first kappa shape index (κ1) is 17.9. The van der Waals surface area contributed by atoms with Crippen LogP contribution in [0.2, 0.25) is 6.04 Å². The number of halogens is 3. The molecule has 0 aliphatic heterocycles. The second kappa shape index (κ2) is 9.75. The molecule has 2 nitrogen and oxygen atoms in total. The third kappa shape index (κ3) is 13.1. The Bertz CT molecular complexity index is 252. The van der Waals surface area contributed by atoms with Crippen LogP contribution in [0.4, 0.5) is 0 Å². The van der Waals surface area contributed by atoms with Crippen LogP contribution in [-0.2, 0) is 9.53 Å². The Hall–Kier alpha value is 0.867. The molecule has 6 heteroatoms. The van der Waals surface area contributed by atoms with Crippen LogP contribution < -0.4 is 0 Å².